The topological polar surface area (TPSA) is 94.3 Å². The molecule has 3 N–H and O–H groups in total. The minimum Gasteiger partial charge on any atom is -0.446 e. The number of rotatable bonds is 3. The van der Waals surface area contributed by atoms with E-state index in [2.05, 4.69) is 10.3 Å². The molecule has 2 aromatic carbocycles. The summed E-state index contributed by atoms with van der Waals surface area (Å²) < 4.78 is 19.4. The Morgan fingerprint density at radius 2 is 2.11 bits per heavy atom. The van der Waals surface area contributed by atoms with Gasteiger partial charge in [0.05, 0.1) is 10.2 Å². The lowest BCUT2D eigenvalue weighted by Gasteiger charge is -2.27. The highest BCUT2D eigenvalue weighted by Crippen LogP contribution is 2.34. The Hall–Kier alpha value is -2.74. The molecule has 0 spiro atoms. The third kappa shape index (κ3) is 3.71. The lowest BCUT2D eigenvalue weighted by molar-refractivity contribution is -0.122. The average molecular weight is 387 g/mol. The van der Waals surface area contributed by atoms with Crippen LogP contribution in [0.25, 0.3) is 21.0 Å². The Kier molecular flexibility index (Phi) is 4.65. The summed E-state index contributed by atoms with van der Waals surface area (Å²) in [5, 5.41) is 5.07. The molecular formula is C19H18FN3O3S. The summed E-state index contributed by atoms with van der Waals surface area (Å²) in [6, 6.07) is 8.26. The summed E-state index contributed by atoms with van der Waals surface area (Å²) >= 11 is 1.37. The van der Waals surface area contributed by atoms with Gasteiger partial charge in [-0.2, -0.15) is 0 Å². The molecule has 2 atom stereocenters. The van der Waals surface area contributed by atoms with Crippen molar-refractivity contribution in [1.29, 1.82) is 0 Å². The van der Waals surface area contributed by atoms with Gasteiger partial charge >= 0.3 is 6.09 Å². The second-order valence-corrected chi connectivity index (χ2v) is 7.71. The van der Waals surface area contributed by atoms with Crippen LogP contribution in [-0.4, -0.2) is 23.1 Å². The quantitative estimate of drug-likeness (QED) is 0.705. The van der Waals surface area contributed by atoms with E-state index in [9.17, 15) is 14.0 Å². The van der Waals surface area contributed by atoms with Crippen LogP contribution >= 0.6 is 11.3 Å². The van der Waals surface area contributed by atoms with E-state index in [0.717, 1.165) is 40.3 Å². The molecule has 8 heteroatoms. The molecule has 6 nitrogen and oxygen atoms in total. The molecule has 140 valence electrons. The SMILES string of the molecule is NC(=O)O[C@H]1CCC[C@@H](C(=O)Nc2nc3ccc4cc(F)ccc4c3s2)C1. The summed E-state index contributed by atoms with van der Waals surface area (Å²) in [7, 11) is 0. The normalized spacial score (nSPS) is 19.9. The lowest BCUT2D eigenvalue weighted by Crippen LogP contribution is -2.33. The number of amides is 2. The van der Waals surface area contributed by atoms with E-state index in [1.165, 1.54) is 23.5 Å². The summed E-state index contributed by atoms with van der Waals surface area (Å²) in [4.78, 5) is 28.0. The van der Waals surface area contributed by atoms with E-state index in [1.54, 1.807) is 6.07 Å². The molecule has 0 saturated heterocycles. The van der Waals surface area contributed by atoms with Crippen molar-refractivity contribution in [2.75, 3.05) is 5.32 Å². The molecule has 0 bridgehead atoms. The molecule has 2 amide bonds. The van der Waals surface area contributed by atoms with Crippen LogP contribution in [0.3, 0.4) is 0 Å². The third-order valence-corrected chi connectivity index (χ3v) is 5.86. The minimum absolute atomic E-state index is 0.137. The van der Waals surface area contributed by atoms with Gasteiger partial charge in [-0.3, -0.25) is 4.79 Å². The number of fused-ring (bicyclic) bond motifs is 3. The molecule has 0 aliphatic heterocycles. The molecule has 0 radical (unpaired) electrons. The summed E-state index contributed by atoms with van der Waals surface area (Å²) in [5.41, 5.74) is 5.83. The lowest BCUT2D eigenvalue weighted by atomic mass is 9.86. The number of nitrogens with one attached hydrogen (secondary N) is 1. The van der Waals surface area contributed by atoms with Gasteiger partial charge in [-0.15, -0.1) is 0 Å². The fraction of sp³-hybridized carbons (Fsp3) is 0.316. The molecule has 4 rings (SSSR count). The largest absolute Gasteiger partial charge is 0.446 e. The molecule has 1 aromatic heterocycles. The van der Waals surface area contributed by atoms with Gasteiger partial charge in [0.1, 0.15) is 11.9 Å². The minimum atomic E-state index is -0.810. The van der Waals surface area contributed by atoms with Crippen LogP contribution < -0.4 is 11.1 Å². The number of aromatic nitrogens is 1. The van der Waals surface area contributed by atoms with Crippen molar-refractivity contribution in [1.82, 2.24) is 4.98 Å². The molecule has 1 aliphatic rings. The Balaban J connectivity index is 1.53. The first kappa shape index (κ1) is 17.7. The highest BCUT2D eigenvalue weighted by molar-refractivity contribution is 7.23. The predicted octanol–water partition coefficient (Wildman–Crippen LogP) is 4.18. The number of nitrogens with zero attached hydrogens (tertiary/aromatic N) is 1. The molecule has 0 unspecified atom stereocenters. The van der Waals surface area contributed by atoms with Gasteiger partial charge in [0.2, 0.25) is 5.91 Å². The standard InChI is InChI=1S/C19H18FN3O3S/c20-12-5-6-14-10(8-12)4-7-15-16(14)27-19(22-15)23-17(24)11-2-1-3-13(9-11)26-18(21)25/h4-8,11,13H,1-3,9H2,(H2,21,25)(H,22,23,24)/t11-,13+/m1/s1. The number of ether oxygens (including phenoxy) is 1. The van der Waals surface area contributed by atoms with Gasteiger partial charge < -0.3 is 15.8 Å². The van der Waals surface area contributed by atoms with E-state index >= 15 is 0 Å². The Bertz CT molecular complexity index is 1040. The summed E-state index contributed by atoms with van der Waals surface area (Å²) in [6.45, 7) is 0. The van der Waals surface area contributed by atoms with Crippen molar-refractivity contribution in [2.45, 2.75) is 31.8 Å². The smallest absolute Gasteiger partial charge is 0.404 e. The average Bonchev–Trinajstić information content (AvgIpc) is 3.03. The molecule has 27 heavy (non-hydrogen) atoms. The van der Waals surface area contributed by atoms with Crippen molar-refractivity contribution in [2.24, 2.45) is 11.7 Å². The van der Waals surface area contributed by atoms with E-state index in [0.29, 0.717) is 11.6 Å². The van der Waals surface area contributed by atoms with Crippen LogP contribution in [0, 0.1) is 11.7 Å². The monoisotopic (exact) mass is 387 g/mol. The number of hydrogen-bond donors (Lipinski definition) is 2. The maximum Gasteiger partial charge on any atom is 0.404 e. The van der Waals surface area contributed by atoms with Gasteiger partial charge in [-0.25, -0.2) is 14.2 Å². The van der Waals surface area contributed by atoms with Gasteiger partial charge in [0.15, 0.2) is 5.13 Å². The van der Waals surface area contributed by atoms with Crippen molar-refractivity contribution < 1.29 is 18.7 Å². The number of halogens is 1. The Morgan fingerprint density at radius 1 is 1.26 bits per heavy atom. The van der Waals surface area contributed by atoms with Crippen LogP contribution in [0.15, 0.2) is 30.3 Å². The maximum absolute atomic E-state index is 13.4. The first-order valence-electron chi connectivity index (χ1n) is 8.75. The predicted molar refractivity (Wildman–Crippen MR) is 102 cm³/mol. The third-order valence-electron chi connectivity index (χ3n) is 4.84. The zero-order valence-corrected chi connectivity index (χ0v) is 15.2. The second-order valence-electron chi connectivity index (χ2n) is 6.71. The number of nitrogens with two attached hydrogens (primary N) is 1. The number of carbonyl (C=O) groups is 2. The van der Waals surface area contributed by atoms with Gasteiger partial charge in [-0.1, -0.05) is 17.4 Å². The Morgan fingerprint density at radius 3 is 2.93 bits per heavy atom. The molecule has 1 fully saturated rings. The van der Waals surface area contributed by atoms with Crippen molar-refractivity contribution in [3.05, 3.63) is 36.1 Å². The van der Waals surface area contributed by atoms with Crippen LogP contribution in [0.4, 0.5) is 14.3 Å². The molecular weight excluding hydrogens is 369 g/mol. The number of hydrogen-bond acceptors (Lipinski definition) is 5. The second kappa shape index (κ2) is 7.11. The van der Waals surface area contributed by atoms with Gasteiger partial charge in [0, 0.05) is 11.3 Å². The highest BCUT2D eigenvalue weighted by atomic mass is 32.1. The van der Waals surface area contributed by atoms with Crippen molar-refractivity contribution in [3.8, 4) is 0 Å². The zero-order chi connectivity index (χ0) is 19.0. The van der Waals surface area contributed by atoms with Gasteiger partial charge in [-0.05, 0) is 55.3 Å². The highest BCUT2D eigenvalue weighted by Gasteiger charge is 2.29. The molecule has 3 aromatic rings. The van der Waals surface area contributed by atoms with Crippen LogP contribution in [-0.2, 0) is 9.53 Å². The van der Waals surface area contributed by atoms with Crippen LogP contribution in [0.1, 0.15) is 25.7 Å². The molecule has 1 saturated carbocycles. The van der Waals surface area contributed by atoms with Crippen LogP contribution in [0.5, 0.6) is 0 Å². The first-order valence-corrected chi connectivity index (χ1v) is 9.57. The van der Waals surface area contributed by atoms with E-state index in [4.69, 9.17) is 10.5 Å². The zero-order valence-electron chi connectivity index (χ0n) is 14.4. The number of anilines is 1. The van der Waals surface area contributed by atoms with E-state index in [1.807, 2.05) is 12.1 Å². The van der Waals surface area contributed by atoms with Crippen molar-refractivity contribution >= 4 is 49.5 Å². The number of carbonyl (C=O) groups excluding carboxylic acids is 2. The maximum atomic E-state index is 13.4. The van der Waals surface area contributed by atoms with Crippen molar-refractivity contribution in [3.63, 3.8) is 0 Å². The van der Waals surface area contributed by atoms with E-state index < -0.39 is 6.09 Å². The Labute approximate surface area is 158 Å². The summed E-state index contributed by atoms with van der Waals surface area (Å²) in [5.74, 6) is -0.673. The number of primary amides is 1. The fourth-order valence-corrected chi connectivity index (χ4v) is 4.60. The number of thiazole rings is 1. The van der Waals surface area contributed by atoms with Gasteiger partial charge in [0.25, 0.3) is 0 Å². The van der Waals surface area contributed by atoms with Crippen LogP contribution in [0.2, 0.25) is 0 Å². The fourth-order valence-electron chi connectivity index (χ4n) is 3.60. The number of benzene rings is 2. The summed E-state index contributed by atoms with van der Waals surface area (Å²) in [6.07, 6.45) is 1.58. The first-order chi connectivity index (χ1) is 13.0. The van der Waals surface area contributed by atoms with E-state index in [-0.39, 0.29) is 23.7 Å². The molecule has 1 aliphatic carbocycles. The molecule has 1 heterocycles.